The van der Waals surface area contributed by atoms with E-state index in [1.165, 1.54) is 0 Å². The van der Waals surface area contributed by atoms with Crippen molar-refractivity contribution < 1.29 is 18.4 Å². The van der Waals surface area contributed by atoms with Crippen LogP contribution in [0.2, 0.25) is 0 Å². The van der Waals surface area contributed by atoms with Crippen molar-refractivity contribution in [3.05, 3.63) is 59.7 Å². The zero-order valence-corrected chi connectivity index (χ0v) is 13.6. The Balaban J connectivity index is 1.62. The fourth-order valence-corrected chi connectivity index (χ4v) is 2.72. The van der Waals surface area contributed by atoms with E-state index in [9.17, 15) is 18.4 Å². The zero-order valence-electron chi connectivity index (χ0n) is 13.6. The maximum absolute atomic E-state index is 13.6. The molecule has 0 radical (unpaired) electrons. The average molecular weight is 345 g/mol. The lowest BCUT2D eigenvalue weighted by atomic mass is 10.2. The Hall–Kier alpha value is -2.96. The Labute approximate surface area is 143 Å². The maximum atomic E-state index is 13.6. The van der Waals surface area contributed by atoms with Crippen molar-refractivity contribution in [2.45, 2.75) is 19.4 Å². The number of carbonyl (C=O) groups excluding carboxylic acids is 2. The van der Waals surface area contributed by atoms with Crippen molar-refractivity contribution in [1.29, 1.82) is 0 Å². The molecule has 7 heteroatoms. The molecule has 130 valence electrons. The molecule has 5 nitrogen and oxygen atoms in total. The average Bonchev–Trinajstić information content (AvgIpc) is 2.92. The monoisotopic (exact) mass is 345 g/mol. The normalized spacial score (nSPS) is 16.8. The highest BCUT2D eigenvalue weighted by Crippen LogP contribution is 2.22. The van der Waals surface area contributed by atoms with Crippen molar-refractivity contribution in [3.8, 4) is 0 Å². The summed E-state index contributed by atoms with van der Waals surface area (Å²) in [6, 6.07) is 9.20. The number of nitrogens with one attached hydrogen (secondary N) is 2. The Morgan fingerprint density at radius 1 is 1.16 bits per heavy atom. The summed E-state index contributed by atoms with van der Waals surface area (Å²) >= 11 is 0. The van der Waals surface area contributed by atoms with Crippen LogP contribution in [-0.2, 0) is 4.79 Å². The first kappa shape index (κ1) is 16.9. The number of anilines is 2. The predicted octanol–water partition coefficient (Wildman–Crippen LogP) is 3.20. The Morgan fingerprint density at radius 3 is 2.60 bits per heavy atom. The standard InChI is InChI=1S/C18H17F2N3O2/c1-11-2-5-14(6-3-11)23-10-13(9-17(23)24)21-18(25)22-16-8-12(19)4-7-15(16)20/h2-8,13H,9-10H2,1H3,(H2,21,22,25). The highest BCUT2D eigenvalue weighted by Gasteiger charge is 2.31. The molecule has 0 bridgehead atoms. The number of urea groups is 1. The second kappa shape index (κ2) is 6.88. The van der Waals surface area contributed by atoms with Gasteiger partial charge in [-0.15, -0.1) is 0 Å². The van der Waals surface area contributed by atoms with Crippen molar-refractivity contribution in [3.63, 3.8) is 0 Å². The highest BCUT2D eigenvalue weighted by molar-refractivity contribution is 5.97. The number of carbonyl (C=O) groups is 2. The van der Waals surface area contributed by atoms with Gasteiger partial charge in [-0.2, -0.15) is 0 Å². The van der Waals surface area contributed by atoms with Crippen LogP contribution in [0.15, 0.2) is 42.5 Å². The molecular formula is C18H17F2N3O2. The minimum atomic E-state index is -0.736. The molecule has 2 aromatic rings. The third kappa shape index (κ3) is 3.93. The first-order chi connectivity index (χ1) is 11.9. The number of benzene rings is 2. The number of hydrogen-bond donors (Lipinski definition) is 2. The zero-order chi connectivity index (χ0) is 18.0. The van der Waals surface area contributed by atoms with Gasteiger partial charge in [-0.25, -0.2) is 13.6 Å². The van der Waals surface area contributed by atoms with E-state index in [0.29, 0.717) is 6.54 Å². The number of hydrogen-bond acceptors (Lipinski definition) is 2. The van der Waals surface area contributed by atoms with Crippen LogP contribution in [0.4, 0.5) is 25.0 Å². The maximum Gasteiger partial charge on any atom is 0.319 e. The van der Waals surface area contributed by atoms with E-state index < -0.39 is 23.7 Å². The van der Waals surface area contributed by atoms with E-state index in [0.717, 1.165) is 29.4 Å². The van der Waals surface area contributed by atoms with E-state index in [1.807, 2.05) is 31.2 Å². The first-order valence-corrected chi connectivity index (χ1v) is 7.82. The Kier molecular flexibility index (Phi) is 4.65. The van der Waals surface area contributed by atoms with Gasteiger partial charge in [-0.3, -0.25) is 4.79 Å². The smallest absolute Gasteiger partial charge is 0.319 e. The van der Waals surface area contributed by atoms with Crippen LogP contribution >= 0.6 is 0 Å². The van der Waals surface area contributed by atoms with Gasteiger partial charge in [0.2, 0.25) is 5.91 Å². The van der Waals surface area contributed by atoms with Gasteiger partial charge in [0.05, 0.1) is 11.7 Å². The van der Waals surface area contributed by atoms with E-state index in [-0.39, 0.29) is 18.0 Å². The van der Waals surface area contributed by atoms with Crippen molar-refractivity contribution in [1.82, 2.24) is 5.32 Å². The summed E-state index contributed by atoms with van der Waals surface area (Å²) in [5, 5.41) is 4.87. The van der Waals surface area contributed by atoms with Crippen LogP contribution < -0.4 is 15.5 Å². The topological polar surface area (TPSA) is 61.4 Å². The van der Waals surface area contributed by atoms with Gasteiger partial charge in [0, 0.05) is 24.7 Å². The molecule has 1 fully saturated rings. The fraction of sp³-hybridized carbons (Fsp3) is 0.222. The molecule has 0 spiro atoms. The van der Waals surface area contributed by atoms with Gasteiger partial charge in [0.25, 0.3) is 0 Å². The molecular weight excluding hydrogens is 328 g/mol. The molecule has 1 saturated heterocycles. The van der Waals surface area contributed by atoms with Gasteiger partial charge in [-0.05, 0) is 31.2 Å². The lowest BCUT2D eigenvalue weighted by molar-refractivity contribution is -0.117. The molecule has 2 aromatic carbocycles. The number of rotatable bonds is 3. The summed E-state index contributed by atoms with van der Waals surface area (Å²) in [7, 11) is 0. The summed E-state index contributed by atoms with van der Waals surface area (Å²) in [4.78, 5) is 25.7. The van der Waals surface area contributed by atoms with Gasteiger partial charge < -0.3 is 15.5 Å². The molecule has 1 aliphatic heterocycles. The largest absolute Gasteiger partial charge is 0.333 e. The second-order valence-electron chi connectivity index (χ2n) is 5.96. The quantitative estimate of drug-likeness (QED) is 0.897. The predicted molar refractivity (Wildman–Crippen MR) is 90.4 cm³/mol. The van der Waals surface area contributed by atoms with Gasteiger partial charge in [0.15, 0.2) is 0 Å². The van der Waals surface area contributed by atoms with Crippen LogP contribution in [0.25, 0.3) is 0 Å². The van der Waals surface area contributed by atoms with E-state index >= 15 is 0 Å². The first-order valence-electron chi connectivity index (χ1n) is 7.82. The van der Waals surface area contributed by atoms with E-state index in [2.05, 4.69) is 10.6 Å². The molecule has 2 N–H and O–H groups in total. The molecule has 1 atom stereocenters. The van der Waals surface area contributed by atoms with E-state index in [1.54, 1.807) is 4.90 Å². The molecule has 0 saturated carbocycles. The lowest BCUT2D eigenvalue weighted by Crippen LogP contribution is -2.39. The van der Waals surface area contributed by atoms with Crippen LogP contribution in [0, 0.1) is 18.6 Å². The van der Waals surface area contributed by atoms with Crippen molar-refractivity contribution in [2.75, 3.05) is 16.8 Å². The van der Waals surface area contributed by atoms with Gasteiger partial charge in [0.1, 0.15) is 11.6 Å². The van der Waals surface area contributed by atoms with Crippen LogP contribution in [-0.4, -0.2) is 24.5 Å². The number of nitrogens with zero attached hydrogens (tertiary/aromatic N) is 1. The highest BCUT2D eigenvalue weighted by atomic mass is 19.1. The molecule has 1 unspecified atom stereocenters. The lowest BCUT2D eigenvalue weighted by Gasteiger charge is -2.17. The number of halogens is 2. The summed E-state index contributed by atoms with van der Waals surface area (Å²) < 4.78 is 26.7. The molecule has 1 aliphatic rings. The van der Waals surface area contributed by atoms with Crippen LogP contribution in [0.5, 0.6) is 0 Å². The number of amides is 3. The summed E-state index contributed by atoms with van der Waals surface area (Å²) in [6.45, 7) is 2.27. The molecule has 25 heavy (non-hydrogen) atoms. The molecule has 1 heterocycles. The number of aryl methyl sites for hydroxylation is 1. The van der Waals surface area contributed by atoms with E-state index in [4.69, 9.17) is 0 Å². The third-order valence-corrected chi connectivity index (χ3v) is 3.98. The Bertz CT molecular complexity index is 808. The summed E-state index contributed by atoms with van der Waals surface area (Å²) in [5.74, 6) is -1.50. The summed E-state index contributed by atoms with van der Waals surface area (Å²) in [5.41, 5.74) is 1.59. The van der Waals surface area contributed by atoms with Crippen LogP contribution in [0.3, 0.4) is 0 Å². The van der Waals surface area contributed by atoms with Gasteiger partial charge >= 0.3 is 6.03 Å². The second-order valence-corrected chi connectivity index (χ2v) is 5.96. The molecule has 3 amide bonds. The molecule has 3 rings (SSSR count). The molecule has 0 aliphatic carbocycles. The minimum absolute atomic E-state index is 0.105. The van der Waals surface area contributed by atoms with Crippen LogP contribution in [0.1, 0.15) is 12.0 Å². The molecule has 0 aromatic heterocycles. The van der Waals surface area contributed by atoms with Crippen molar-refractivity contribution >= 4 is 23.3 Å². The fourth-order valence-electron chi connectivity index (χ4n) is 2.72. The van der Waals surface area contributed by atoms with Crippen molar-refractivity contribution in [2.24, 2.45) is 0 Å². The SMILES string of the molecule is Cc1ccc(N2CC(NC(=O)Nc3cc(F)ccc3F)CC2=O)cc1. The minimum Gasteiger partial charge on any atom is -0.333 e. The Morgan fingerprint density at radius 2 is 1.88 bits per heavy atom. The summed E-state index contributed by atoms with van der Waals surface area (Å²) in [6.07, 6.45) is 0.146. The van der Waals surface area contributed by atoms with Gasteiger partial charge in [-0.1, -0.05) is 17.7 Å². The third-order valence-electron chi connectivity index (χ3n) is 3.98.